The first-order chi connectivity index (χ1) is 7.64. The molecule has 1 saturated heterocycles. The van der Waals surface area contributed by atoms with Crippen LogP contribution in [0, 0.1) is 0 Å². The average molecular weight is 284 g/mol. The largest absolute Gasteiger partial charge is 0.379 e. The molecule has 16 heavy (non-hydrogen) atoms. The van der Waals surface area contributed by atoms with E-state index >= 15 is 0 Å². The quantitative estimate of drug-likeness (QED) is 0.922. The summed E-state index contributed by atoms with van der Waals surface area (Å²) >= 11 is 3.63. The highest BCUT2D eigenvalue weighted by Gasteiger charge is 2.40. The Morgan fingerprint density at radius 3 is 2.62 bits per heavy atom. The molecule has 1 unspecified atom stereocenters. The van der Waals surface area contributed by atoms with Crippen molar-refractivity contribution in [3.05, 3.63) is 34.3 Å². The lowest BCUT2D eigenvalue weighted by molar-refractivity contribution is -0.0660. The number of benzene rings is 1. The van der Waals surface area contributed by atoms with Crippen LogP contribution in [0.25, 0.3) is 0 Å². The Morgan fingerprint density at radius 2 is 2.12 bits per heavy atom. The third-order valence-corrected chi connectivity index (χ3v) is 3.97. The highest BCUT2D eigenvalue weighted by Crippen LogP contribution is 2.40. The zero-order valence-corrected chi connectivity index (χ0v) is 11.2. The topological polar surface area (TPSA) is 35.2 Å². The van der Waals surface area contributed by atoms with Crippen LogP contribution in [0.4, 0.5) is 0 Å². The third kappa shape index (κ3) is 2.31. The molecule has 1 aromatic rings. The van der Waals surface area contributed by atoms with Crippen molar-refractivity contribution in [1.29, 1.82) is 0 Å². The van der Waals surface area contributed by atoms with Gasteiger partial charge in [0.25, 0.3) is 0 Å². The van der Waals surface area contributed by atoms with E-state index in [0.717, 1.165) is 26.1 Å². The summed E-state index contributed by atoms with van der Waals surface area (Å²) in [6, 6.07) is 8.69. The Labute approximate surface area is 105 Å². The minimum atomic E-state index is 0.188. The van der Waals surface area contributed by atoms with Crippen LogP contribution in [0.3, 0.4) is 0 Å². The molecule has 0 saturated carbocycles. The monoisotopic (exact) mass is 283 g/mol. The normalized spacial score (nSPS) is 20.2. The molecule has 88 valence electrons. The minimum Gasteiger partial charge on any atom is -0.379 e. The predicted octanol–water partition coefficient (Wildman–Crippen LogP) is 2.84. The second-order valence-corrected chi connectivity index (χ2v) is 5.62. The van der Waals surface area contributed by atoms with Crippen molar-refractivity contribution >= 4 is 15.9 Å². The summed E-state index contributed by atoms with van der Waals surface area (Å²) in [5, 5.41) is 0. The summed E-state index contributed by atoms with van der Waals surface area (Å²) in [5.41, 5.74) is 7.39. The summed E-state index contributed by atoms with van der Waals surface area (Å²) in [6.45, 7) is 3.71. The van der Waals surface area contributed by atoms with Crippen LogP contribution in [0.5, 0.6) is 0 Å². The molecule has 0 aliphatic carbocycles. The zero-order valence-electron chi connectivity index (χ0n) is 9.58. The van der Waals surface area contributed by atoms with Crippen LogP contribution < -0.4 is 5.73 Å². The molecule has 1 fully saturated rings. The summed E-state index contributed by atoms with van der Waals surface area (Å²) in [7, 11) is 0. The van der Waals surface area contributed by atoms with Gasteiger partial charge in [-0.25, -0.2) is 0 Å². The van der Waals surface area contributed by atoms with Crippen LogP contribution in [-0.4, -0.2) is 19.3 Å². The second kappa shape index (κ2) is 4.86. The fraction of sp³-hybridized carbons (Fsp3) is 0.538. The summed E-state index contributed by atoms with van der Waals surface area (Å²) in [6.07, 6.45) is 2.15. The highest BCUT2D eigenvalue weighted by molar-refractivity contribution is 9.10. The Balaban J connectivity index is 2.18. The smallest absolute Gasteiger partial charge is 0.0586 e. The van der Waals surface area contributed by atoms with E-state index in [4.69, 9.17) is 10.5 Å². The molecule has 1 atom stereocenters. The first-order valence-electron chi connectivity index (χ1n) is 5.72. The SMILES string of the molecule is CC(N)CCC1(c2ccccc2Br)COC1. The van der Waals surface area contributed by atoms with Gasteiger partial charge in [0, 0.05) is 15.9 Å². The van der Waals surface area contributed by atoms with Crippen molar-refractivity contribution in [2.75, 3.05) is 13.2 Å². The van der Waals surface area contributed by atoms with Gasteiger partial charge in [-0.05, 0) is 31.4 Å². The molecule has 2 N–H and O–H groups in total. The van der Waals surface area contributed by atoms with Crippen molar-refractivity contribution in [3.8, 4) is 0 Å². The number of ether oxygens (including phenoxy) is 1. The maximum absolute atomic E-state index is 5.84. The van der Waals surface area contributed by atoms with Gasteiger partial charge in [-0.2, -0.15) is 0 Å². The maximum atomic E-state index is 5.84. The van der Waals surface area contributed by atoms with Crippen LogP contribution >= 0.6 is 15.9 Å². The minimum absolute atomic E-state index is 0.188. The van der Waals surface area contributed by atoms with Crippen molar-refractivity contribution < 1.29 is 4.74 Å². The standard InChI is InChI=1S/C13H18BrNO/c1-10(15)6-7-13(8-16-9-13)11-4-2-3-5-12(11)14/h2-5,10H,6-9,15H2,1H3. The molecule has 1 aliphatic heterocycles. The van der Waals surface area contributed by atoms with Crippen molar-refractivity contribution in [1.82, 2.24) is 0 Å². The first-order valence-corrected chi connectivity index (χ1v) is 6.52. The van der Waals surface area contributed by atoms with E-state index in [1.54, 1.807) is 0 Å². The number of hydrogen-bond donors (Lipinski definition) is 1. The third-order valence-electron chi connectivity index (χ3n) is 3.28. The molecule has 0 radical (unpaired) electrons. The fourth-order valence-corrected chi connectivity index (χ4v) is 2.88. The Kier molecular flexibility index (Phi) is 3.67. The second-order valence-electron chi connectivity index (χ2n) is 4.77. The number of nitrogens with two attached hydrogens (primary N) is 1. The van der Waals surface area contributed by atoms with E-state index in [9.17, 15) is 0 Å². The van der Waals surface area contributed by atoms with Crippen LogP contribution in [0.2, 0.25) is 0 Å². The summed E-state index contributed by atoms with van der Waals surface area (Å²) in [5.74, 6) is 0. The van der Waals surface area contributed by atoms with Gasteiger partial charge < -0.3 is 10.5 Å². The lowest BCUT2D eigenvalue weighted by atomic mass is 9.74. The zero-order chi connectivity index (χ0) is 11.6. The molecule has 2 nitrogen and oxygen atoms in total. The van der Waals surface area contributed by atoms with Gasteiger partial charge in [0.15, 0.2) is 0 Å². The van der Waals surface area contributed by atoms with Gasteiger partial charge >= 0.3 is 0 Å². The summed E-state index contributed by atoms with van der Waals surface area (Å²) < 4.78 is 6.60. The van der Waals surface area contributed by atoms with E-state index in [2.05, 4.69) is 41.1 Å². The average Bonchev–Trinajstić information content (AvgIpc) is 2.18. The Bertz CT molecular complexity index is 361. The molecular formula is C13H18BrNO. The number of hydrogen-bond acceptors (Lipinski definition) is 2. The number of rotatable bonds is 4. The summed E-state index contributed by atoms with van der Waals surface area (Å²) in [4.78, 5) is 0. The van der Waals surface area contributed by atoms with Crippen molar-refractivity contribution in [3.63, 3.8) is 0 Å². The lowest BCUT2D eigenvalue weighted by Crippen LogP contribution is -2.47. The van der Waals surface area contributed by atoms with Gasteiger partial charge in [0.2, 0.25) is 0 Å². The van der Waals surface area contributed by atoms with Gasteiger partial charge in [0.05, 0.1) is 13.2 Å². The molecular weight excluding hydrogens is 266 g/mol. The van der Waals surface area contributed by atoms with Crippen LogP contribution in [-0.2, 0) is 10.2 Å². The molecule has 2 rings (SSSR count). The van der Waals surface area contributed by atoms with Crippen LogP contribution in [0.1, 0.15) is 25.3 Å². The maximum Gasteiger partial charge on any atom is 0.0586 e. The van der Waals surface area contributed by atoms with Gasteiger partial charge in [0.1, 0.15) is 0 Å². The van der Waals surface area contributed by atoms with E-state index < -0.39 is 0 Å². The van der Waals surface area contributed by atoms with E-state index in [-0.39, 0.29) is 11.5 Å². The fourth-order valence-electron chi connectivity index (χ4n) is 2.18. The van der Waals surface area contributed by atoms with Crippen LogP contribution in [0.15, 0.2) is 28.7 Å². The number of halogens is 1. The molecule has 3 heteroatoms. The molecule has 1 aliphatic rings. The molecule has 0 bridgehead atoms. The molecule has 0 spiro atoms. The van der Waals surface area contributed by atoms with Crippen molar-refractivity contribution in [2.24, 2.45) is 5.73 Å². The predicted molar refractivity (Wildman–Crippen MR) is 69.5 cm³/mol. The van der Waals surface area contributed by atoms with Gasteiger partial charge in [-0.3, -0.25) is 0 Å². The highest BCUT2D eigenvalue weighted by atomic mass is 79.9. The Morgan fingerprint density at radius 1 is 1.44 bits per heavy atom. The van der Waals surface area contributed by atoms with E-state index in [1.165, 1.54) is 10.0 Å². The van der Waals surface area contributed by atoms with Gasteiger partial charge in [-0.15, -0.1) is 0 Å². The molecule has 0 aromatic heterocycles. The molecule has 1 aromatic carbocycles. The molecule has 1 heterocycles. The van der Waals surface area contributed by atoms with Gasteiger partial charge in [-0.1, -0.05) is 34.1 Å². The Hall–Kier alpha value is -0.380. The first kappa shape index (κ1) is 12.1. The van der Waals surface area contributed by atoms with E-state index in [1.807, 2.05) is 6.07 Å². The van der Waals surface area contributed by atoms with E-state index in [0.29, 0.717) is 0 Å². The molecule has 0 amide bonds. The van der Waals surface area contributed by atoms with Crippen molar-refractivity contribution in [2.45, 2.75) is 31.2 Å². The lowest BCUT2D eigenvalue weighted by Gasteiger charge is -2.43.